The van der Waals surface area contributed by atoms with E-state index < -0.39 is 35.6 Å². The standard InChI is InChI=1S/C21H35N5O5S/c1-13(2)9-15(19(29)18(28)11-24-22)25-20(30)17-6-3-7-26(17)21(31)16-12-32-8-4-5-14(27)10-23-16/h13,15-17,23-24H,3-12,22H2,1-2H3,(H,25,30)/t15-,16?,17-/m0/s1. The van der Waals surface area contributed by atoms with Crippen LogP contribution in [0.4, 0.5) is 0 Å². The molecule has 3 atom stereocenters. The monoisotopic (exact) mass is 469 g/mol. The Kier molecular flexibility index (Phi) is 10.8. The molecular weight excluding hydrogens is 434 g/mol. The van der Waals surface area contributed by atoms with E-state index in [9.17, 15) is 24.0 Å². The fourth-order valence-electron chi connectivity index (χ4n) is 3.96. The van der Waals surface area contributed by atoms with Crippen LogP contribution >= 0.6 is 11.8 Å². The van der Waals surface area contributed by atoms with Crippen molar-refractivity contribution >= 4 is 40.9 Å². The lowest BCUT2D eigenvalue weighted by Crippen LogP contribution is -2.56. The van der Waals surface area contributed by atoms with Crippen LogP contribution in [0.5, 0.6) is 0 Å². The number of likely N-dealkylation sites (tertiary alicyclic amines) is 1. The minimum absolute atomic E-state index is 0.0711. The van der Waals surface area contributed by atoms with Gasteiger partial charge in [-0.15, -0.1) is 0 Å². The lowest BCUT2D eigenvalue weighted by Gasteiger charge is -2.29. The number of ketones is 3. The van der Waals surface area contributed by atoms with E-state index in [1.165, 1.54) is 4.90 Å². The minimum atomic E-state index is -0.961. The number of nitrogens with two attached hydrogens (primary N) is 1. The summed E-state index contributed by atoms with van der Waals surface area (Å²) in [6, 6.07) is -2.21. The fourth-order valence-corrected chi connectivity index (χ4v) is 4.98. The first kappa shape index (κ1) is 26.4. The van der Waals surface area contributed by atoms with Crippen molar-refractivity contribution in [1.82, 2.24) is 21.0 Å². The van der Waals surface area contributed by atoms with Crippen molar-refractivity contribution in [2.45, 2.75) is 64.1 Å². The Bertz CT molecular complexity index is 717. The van der Waals surface area contributed by atoms with E-state index >= 15 is 0 Å². The highest BCUT2D eigenvalue weighted by atomic mass is 32.2. The third-order valence-corrected chi connectivity index (χ3v) is 6.73. The molecule has 5 N–H and O–H groups in total. The molecule has 0 aromatic rings. The minimum Gasteiger partial charge on any atom is -0.344 e. The van der Waals surface area contributed by atoms with E-state index in [0.29, 0.717) is 38.0 Å². The van der Waals surface area contributed by atoms with Gasteiger partial charge in [0.2, 0.25) is 23.4 Å². The summed E-state index contributed by atoms with van der Waals surface area (Å²) in [7, 11) is 0. The number of carbonyl (C=O) groups is 5. The third-order valence-electron chi connectivity index (χ3n) is 5.59. The molecule has 0 bridgehead atoms. The zero-order valence-electron chi connectivity index (χ0n) is 18.9. The van der Waals surface area contributed by atoms with Crippen LogP contribution in [0.3, 0.4) is 0 Å². The Morgan fingerprint density at radius 3 is 2.69 bits per heavy atom. The first-order chi connectivity index (χ1) is 15.2. The summed E-state index contributed by atoms with van der Waals surface area (Å²) in [5.41, 5.74) is 2.17. The molecule has 0 saturated carbocycles. The maximum Gasteiger partial charge on any atom is 0.243 e. The second kappa shape index (κ2) is 13.0. The quantitative estimate of drug-likeness (QED) is 0.193. The van der Waals surface area contributed by atoms with Crippen molar-refractivity contribution in [3.05, 3.63) is 0 Å². The van der Waals surface area contributed by atoms with Crippen LogP contribution in [-0.2, 0) is 24.0 Å². The largest absolute Gasteiger partial charge is 0.344 e. The molecule has 1 unspecified atom stereocenters. The van der Waals surface area contributed by atoms with E-state index in [-0.39, 0.29) is 30.7 Å². The molecule has 2 amide bonds. The van der Waals surface area contributed by atoms with Crippen LogP contribution in [0.2, 0.25) is 0 Å². The molecule has 2 aliphatic rings. The Hall–Kier alpha value is -1.82. The third kappa shape index (κ3) is 7.65. The van der Waals surface area contributed by atoms with Gasteiger partial charge in [-0.1, -0.05) is 13.8 Å². The van der Waals surface area contributed by atoms with Gasteiger partial charge >= 0.3 is 0 Å². The average molecular weight is 470 g/mol. The van der Waals surface area contributed by atoms with E-state index in [2.05, 4.69) is 16.1 Å². The summed E-state index contributed by atoms with van der Waals surface area (Å²) in [6.45, 7) is 4.06. The van der Waals surface area contributed by atoms with Crippen molar-refractivity contribution in [3.63, 3.8) is 0 Å². The van der Waals surface area contributed by atoms with Crippen LogP contribution in [0.1, 0.15) is 46.0 Å². The first-order valence-corrected chi connectivity index (χ1v) is 12.3. The molecule has 2 heterocycles. The Morgan fingerprint density at radius 2 is 2.00 bits per heavy atom. The molecule has 2 aliphatic heterocycles. The fraction of sp³-hybridized carbons (Fsp3) is 0.762. The lowest BCUT2D eigenvalue weighted by atomic mass is 9.97. The van der Waals surface area contributed by atoms with Gasteiger partial charge in [-0.3, -0.25) is 40.6 Å². The number of rotatable bonds is 9. The van der Waals surface area contributed by atoms with E-state index in [1.807, 2.05) is 13.8 Å². The van der Waals surface area contributed by atoms with Crippen LogP contribution < -0.4 is 21.9 Å². The number of nitrogens with one attached hydrogen (secondary N) is 3. The van der Waals surface area contributed by atoms with Gasteiger partial charge in [-0.25, -0.2) is 0 Å². The molecule has 32 heavy (non-hydrogen) atoms. The van der Waals surface area contributed by atoms with Gasteiger partial charge in [0, 0.05) is 18.7 Å². The second-order valence-corrected chi connectivity index (χ2v) is 9.85. The molecule has 10 nitrogen and oxygen atoms in total. The van der Waals surface area contributed by atoms with Crippen LogP contribution in [-0.4, -0.2) is 83.3 Å². The molecule has 0 aromatic heterocycles. The number of hydrogen-bond acceptors (Lipinski definition) is 9. The van der Waals surface area contributed by atoms with Gasteiger partial charge in [0.1, 0.15) is 11.8 Å². The van der Waals surface area contributed by atoms with Crippen molar-refractivity contribution in [2.24, 2.45) is 11.8 Å². The highest BCUT2D eigenvalue weighted by Gasteiger charge is 2.39. The van der Waals surface area contributed by atoms with Gasteiger partial charge in [-0.2, -0.15) is 11.8 Å². The Balaban J connectivity index is 2.08. The molecule has 2 saturated heterocycles. The molecule has 0 aromatic carbocycles. The van der Waals surface area contributed by atoms with Gasteiger partial charge in [0.25, 0.3) is 0 Å². The van der Waals surface area contributed by atoms with Gasteiger partial charge in [-0.05, 0) is 37.4 Å². The maximum absolute atomic E-state index is 13.2. The summed E-state index contributed by atoms with van der Waals surface area (Å²) in [5, 5.41) is 5.76. The SMILES string of the molecule is CC(C)C[C@H](NC(=O)[C@@H]1CCCN1C(=O)C1CSCCCC(=O)CN1)C(=O)C(=O)CNN. The number of carbonyl (C=O) groups excluding carboxylic acids is 5. The number of thioether (sulfide) groups is 1. The number of hydrazine groups is 1. The maximum atomic E-state index is 13.2. The molecule has 0 spiro atoms. The Morgan fingerprint density at radius 1 is 1.25 bits per heavy atom. The highest BCUT2D eigenvalue weighted by molar-refractivity contribution is 7.99. The van der Waals surface area contributed by atoms with Crippen molar-refractivity contribution in [3.8, 4) is 0 Å². The molecule has 0 radical (unpaired) electrons. The molecule has 180 valence electrons. The summed E-state index contributed by atoms with van der Waals surface area (Å²) < 4.78 is 0. The van der Waals surface area contributed by atoms with Crippen LogP contribution in [0.25, 0.3) is 0 Å². The summed E-state index contributed by atoms with van der Waals surface area (Å²) in [5.74, 6) is 4.60. The zero-order valence-corrected chi connectivity index (χ0v) is 19.7. The summed E-state index contributed by atoms with van der Waals surface area (Å²) in [4.78, 5) is 64.2. The van der Waals surface area contributed by atoms with Gasteiger partial charge in [0.05, 0.1) is 25.2 Å². The van der Waals surface area contributed by atoms with E-state index in [0.717, 1.165) is 12.2 Å². The van der Waals surface area contributed by atoms with Crippen LogP contribution in [0.15, 0.2) is 0 Å². The molecule has 2 fully saturated rings. The van der Waals surface area contributed by atoms with Gasteiger partial charge in [0.15, 0.2) is 0 Å². The number of hydrogen-bond donors (Lipinski definition) is 4. The Labute approximate surface area is 193 Å². The average Bonchev–Trinajstić information content (AvgIpc) is 3.26. The second-order valence-electron chi connectivity index (χ2n) is 8.70. The van der Waals surface area contributed by atoms with E-state index in [1.54, 1.807) is 11.8 Å². The van der Waals surface area contributed by atoms with Gasteiger partial charge < -0.3 is 10.2 Å². The smallest absolute Gasteiger partial charge is 0.243 e. The molecule has 11 heteroatoms. The summed E-state index contributed by atoms with van der Waals surface area (Å²) >= 11 is 1.62. The van der Waals surface area contributed by atoms with Crippen molar-refractivity contribution in [2.75, 3.05) is 31.1 Å². The normalized spacial score (nSPS) is 23.2. The predicted octanol–water partition coefficient (Wildman–Crippen LogP) is -0.836. The molecule has 0 aliphatic carbocycles. The molecular formula is C21H35N5O5S. The summed E-state index contributed by atoms with van der Waals surface area (Å²) in [6.07, 6.45) is 2.76. The number of nitrogens with zero attached hydrogens (tertiary/aromatic N) is 1. The zero-order chi connectivity index (χ0) is 23.7. The van der Waals surface area contributed by atoms with Crippen LogP contribution in [0, 0.1) is 5.92 Å². The van der Waals surface area contributed by atoms with Crippen molar-refractivity contribution < 1.29 is 24.0 Å². The number of Topliss-reactive ketones (excluding diaryl/α,β-unsaturated/α-hetero) is 3. The lowest BCUT2D eigenvalue weighted by molar-refractivity contribution is -0.142. The topological polar surface area (TPSA) is 151 Å². The molecule has 2 rings (SSSR count). The predicted molar refractivity (Wildman–Crippen MR) is 122 cm³/mol. The van der Waals surface area contributed by atoms with E-state index in [4.69, 9.17) is 5.84 Å². The van der Waals surface area contributed by atoms with Crippen molar-refractivity contribution in [1.29, 1.82) is 0 Å². The first-order valence-electron chi connectivity index (χ1n) is 11.2. The number of amides is 2. The highest BCUT2D eigenvalue weighted by Crippen LogP contribution is 2.21.